The Kier molecular flexibility index (Phi) is 4.11. The molecule has 1 N–H and O–H groups in total. The van der Waals surface area contributed by atoms with Crippen LogP contribution in [0.4, 0.5) is 0 Å². The van der Waals surface area contributed by atoms with Gasteiger partial charge in [0.1, 0.15) is 0 Å². The quantitative estimate of drug-likeness (QED) is 0.847. The van der Waals surface area contributed by atoms with Crippen molar-refractivity contribution in [2.45, 2.75) is 12.5 Å². The number of aliphatic carboxylic acids is 1. The predicted molar refractivity (Wildman–Crippen MR) is 66.3 cm³/mol. The number of hydrogen-bond acceptors (Lipinski definition) is 4. The number of methoxy groups -OCH3 is 1. The number of carbonyl (C=O) groups excluding carboxylic acids is 1. The topological polar surface area (TPSA) is 79.7 Å². The second-order valence-corrected chi connectivity index (χ2v) is 4.46. The first-order valence-electron chi connectivity index (χ1n) is 6.06. The van der Waals surface area contributed by atoms with Crippen LogP contribution in [0, 0.1) is 5.92 Å². The molecule has 2 unspecified atom stereocenters. The summed E-state index contributed by atoms with van der Waals surface area (Å²) in [5.74, 6) is -1.84. The lowest BCUT2D eigenvalue weighted by molar-refractivity contribution is -0.142. The highest BCUT2D eigenvalue weighted by Gasteiger charge is 2.44. The Hall–Kier alpha value is -1.95. The highest BCUT2D eigenvalue weighted by Crippen LogP contribution is 2.37. The van der Waals surface area contributed by atoms with E-state index in [0.717, 1.165) is 5.56 Å². The van der Waals surface area contributed by atoms with Gasteiger partial charge in [0.2, 0.25) is 5.91 Å². The third kappa shape index (κ3) is 2.73. The molecule has 1 fully saturated rings. The molecule has 2 atom stereocenters. The second kappa shape index (κ2) is 5.79. The van der Waals surface area contributed by atoms with Gasteiger partial charge >= 0.3 is 5.97 Å². The number of rotatable bonds is 5. The number of carboxylic acids is 1. The molecule has 1 aliphatic heterocycles. The van der Waals surface area contributed by atoms with Crippen molar-refractivity contribution in [3.05, 3.63) is 30.1 Å². The fourth-order valence-electron chi connectivity index (χ4n) is 2.43. The van der Waals surface area contributed by atoms with E-state index in [9.17, 15) is 14.7 Å². The number of nitrogens with zero attached hydrogens (tertiary/aromatic N) is 2. The maximum absolute atomic E-state index is 12.0. The molecular formula is C13H16N2O4. The van der Waals surface area contributed by atoms with Gasteiger partial charge in [0, 0.05) is 32.5 Å². The van der Waals surface area contributed by atoms with Crippen LogP contribution in [-0.4, -0.2) is 47.1 Å². The van der Waals surface area contributed by atoms with Crippen molar-refractivity contribution in [3.63, 3.8) is 0 Å². The van der Waals surface area contributed by atoms with Crippen LogP contribution in [0.25, 0.3) is 0 Å². The Morgan fingerprint density at radius 3 is 3.00 bits per heavy atom. The van der Waals surface area contributed by atoms with E-state index in [2.05, 4.69) is 4.98 Å². The van der Waals surface area contributed by atoms with Crippen LogP contribution in [0.5, 0.6) is 0 Å². The van der Waals surface area contributed by atoms with E-state index in [-0.39, 0.29) is 12.3 Å². The average molecular weight is 264 g/mol. The van der Waals surface area contributed by atoms with Crippen LogP contribution in [0.3, 0.4) is 0 Å². The minimum absolute atomic E-state index is 0.0264. The van der Waals surface area contributed by atoms with Crippen LogP contribution in [0.2, 0.25) is 0 Å². The van der Waals surface area contributed by atoms with Crippen molar-refractivity contribution in [3.8, 4) is 0 Å². The molecule has 1 aromatic rings. The number of carboxylic acid groups (broad SMARTS) is 1. The zero-order valence-electron chi connectivity index (χ0n) is 10.7. The van der Waals surface area contributed by atoms with Crippen molar-refractivity contribution in [2.24, 2.45) is 5.92 Å². The predicted octanol–water partition coefficient (Wildman–Crippen LogP) is 0.702. The van der Waals surface area contributed by atoms with Gasteiger partial charge in [-0.15, -0.1) is 0 Å². The fraction of sp³-hybridized carbons (Fsp3) is 0.462. The Bertz CT molecular complexity index is 463. The average Bonchev–Trinajstić information content (AvgIpc) is 2.74. The van der Waals surface area contributed by atoms with Crippen molar-refractivity contribution in [2.75, 3.05) is 20.3 Å². The van der Waals surface area contributed by atoms with E-state index < -0.39 is 17.9 Å². The van der Waals surface area contributed by atoms with Gasteiger partial charge in [0.05, 0.1) is 18.6 Å². The summed E-state index contributed by atoms with van der Waals surface area (Å²) >= 11 is 0. The summed E-state index contributed by atoms with van der Waals surface area (Å²) in [6.45, 7) is 0.771. The molecule has 0 spiro atoms. The van der Waals surface area contributed by atoms with Crippen molar-refractivity contribution in [1.82, 2.24) is 9.88 Å². The molecule has 0 radical (unpaired) electrons. The van der Waals surface area contributed by atoms with Gasteiger partial charge in [-0.1, -0.05) is 6.07 Å². The van der Waals surface area contributed by atoms with Crippen molar-refractivity contribution >= 4 is 11.9 Å². The number of amides is 1. The number of aromatic nitrogens is 1. The first kappa shape index (κ1) is 13.5. The lowest BCUT2D eigenvalue weighted by Crippen LogP contribution is -2.33. The lowest BCUT2D eigenvalue weighted by Gasteiger charge is -2.26. The van der Waals surface area contributed by atoms with Gasteiger partial charge in [-0.2, -0.15) is 0 Å². The van der Waals surface area contributed by atoms with Crippen LogP contribution in [0.15, 0.2) is 24.5 Å². The Morgan fingerprint density at radius 1 is 1.63 bits per heavy atom. The maximum atomic E-state index is 12.0. The summed E-state index contributed by atoms with van der Waals surface area (Å²) in [6.07, 6.45) is 3.26. The van der Waals surface area contributed by atoms with E-state index in [1.54, 1.807) is 36.5 Å². The fourth-order valence-corrected chi connectivity index (χ4v) is 2.43. The summed E-state index contributed by atoms with van der Waals surface area (Å²) in [4.78, 5) is 28.9. The minimum atomic E-state index is -0.956. The molecular weight excluding hydrogens is 248 g/mol. The van der Waals surface area contributed by atoms with E-state index in [4.69, 9.17) is 4.74 Å². The van der Waals surface area contributed by atoms with Gasteiger partial charge in [-0.3, -0.25) is 14.6 Å². The second-order valence-electron chi connectivity index (χ2n) is 4.46. The molecule has 0 bridgehead atoms. The van der Waals surface area contributed by atoms with Crippen molar-refractivity contribution in [1.29, 1.82) is 0 Å². The number of likely N-dealkylation sites (tertiary alicyclic amines) is 1. The summed E-state index contributed by atoms with van der Waals surface area (Å²) < 4.78 is 4.98. The van der Waals surface area contributed by atoms with Crippen LogP contribution >= 0.6 is 0 Å². The summed E-state index contributed by atoms with van der Waals surface area (Å²) in [5.41, 5.74) is 0.747. The molecule has 19 heavy (non-hydrogen) atoms. The monoisotopic (exact) mass is 264 g/mol. The third-order valence-electron chi connectivity index (χ3n) is 3.31. The van der Waals surface area contributed by atoms with E-state index >= 15 is 0 Å². The molecule has 2 heterocycles. The van der Waals surface area contributed by atoms with Gasteiger partial charge < -0.3 is 14.7 Å². The summed E-state index contributed by atoms with van der Waals surface area (Å²) in [5, 5.41) is 9.28. The molecule has 102 valence electrons. The Morgan fingerprint density at radius 2 is 2.42 bits per heavy atom. The highest BCUT2D eigenvalue weighted by atomic mass is 16.5. The van der Waals surface area contributed by atoms with Gasteiger partial charge in [0.25, 0.3) is 0 Å². The van der Waals surface area contributed by atoms with Gasteiger partial charge in [-0.25, -0.2) is 0 Å². The molecule has 6 heteroatoms. The maximum Gasteiger partial charge on any atom is 0.309 e. The third-order valence-corrected chi connectivity index (χ3v) is 3.31. The molecule has 1 aliphatic rings. The van der Waals surface area contributed by atoms with E-state index in [1.807, 2.05) is 0 Å². The van der Waals surface area contributed by atoms with E-state index in [1.165, 1.54) is 0 Å². The first-order valence-corrected chi connectivity index (χ1v) is 6.06. The normalized spacial score (nSPS) is 22.8. The Labute approximate surface area is 111 Å². The summed E-state index contributed by atoms with van der Waals surface area (Å²) in [7, 11) is 1.55. The molecule has 1 amide bonds. The minimum Gasteiger partial charge on any atom is -0.481 e. The largest absolute Gasteiger partial charge is 0.481 e. The number of carbonyl (C=O) groups is 2. The standard InChI is InChI=1S/C13H16N2O4/c1-19-6-5-15-11(16)7-10(13(17)18)12(15)9-3-2-4-14-8-9/h2-4,8,10,12H,5-7H2,1H3,(H,17,18). The SMILES string of the molecule is COCCN1C(=O)CC(C(=O)O)C1c1cccnc1. The van der Waals surface area contributed by atoms with Gasteiger partial charge in [0.15, 0.2) is 0 Å². The first-order chi connectivity index (χ1) is 9.15. The zero-order chi connectivity index (χ0) is 13.8. The zero-order valence-corrected chi connectivity index (χ0v) is 10.7. The molecule has 1 aromatic heterocycles. The molecule has 6 nitrogen and oxygen atoms in total. The molecule has 1 saturated heterocycles. The molecule has 0 aromatic carbocycles. The number of ether oxygens (including phenoxy) is 1. The van der Waals surface area contributed by atoms with Crippen LogP contribution in [0.1, 0.15) is 18.0 Å². The van der Waals surface area contributed by atoms with Gasteiger partial charge in [-0.05, 0) is 11.6 Å². The van der Waals surface area contributed by atoms with Crippen LogP contribution < -0.4 is 0 Å². The number of hydrogen-bond donors (Lipinski definition) is 1. The smallest absolute Gasteiger partial charge is 0.309 e. The molecule has 0 aliphatic carbocycles. The summed E-state index contributed by atoms with van der Waals surface area (Å²) in [6, 6.07) is 3.08. The van der Waals surface area contributed by atoms with Crippen LogP contribution in [-0.2, 0) is 14.3 Å². The molecule has 0 saturated carbocycles. The highest BCUT2D eigenvalue weighted by molar-refractivity contribution is 5.87. The van der Waals surface area contributed by atoms with E-state index in [0.29, 0.717) is 13.2 Å². The number of pyridine rings is 1. The lowest BCUT2D eigenvalue weighted by atomic mass is 9.95. The van der Waals surface area contributed by atoms with Crippen molar-refractivity contribution < 1.29 is 19.4 Å². The molecule has 2 rings (SSSR count). The Balaban J connectivity index is 2.30.